The Kier molecular flexibility index (Phi) is 5.61. The van der Waals surface area contributed by atoms with Crippen molar-refractivity contribution < 1.29 is 19.4 Å². The van der Waals surface area contributed by atoms with Crippen molar-refractivity contribution in [1.82, 2.24) is 10.2 Å². The molecule has 1 aliphatic heterocycles. The van der Waals surface area contributed by atoms with E-state index in [1.165, 1.54) is 6.92 Å². The van der Waals surface area contributed by atoms with E-state index in [0.717, 1.165) is 12.8 Å². The number of nitrogens with zero attached hydrogens (tertiary/aromatic N) is 1. The lowest BCUT2D eigenvalue weighted by Crippen LogP contribution is -2.54. The van der Waals surface area contributed by atoms with Crippen LogP contribution in [0.5, 0.6) is 0 Å². The van der Waals surface area contributed by atoms with Gasteiger partial charge >= 0.3 is 6.09 Å². The first-order valence-electron chi connectivity index (χ1n) is 7.56. The van der Waals surface area contributed by atoms with Crippen LogP contribution in [0.3, 0.4) is 0 Å². The number of hydrogen-bond acceptors (Lipinski definition) is 4. The largest absolute Gasteiger partial charge is 0.444 e. The molecule has 2 atom stereocenters. The maximum Gasteiger partial charge on any atom is 0.410 e. The highest BCUT2D eigenvalue weighted by molar-refractivity contribution is 5.84. The van der Waals surface area contributed by atoms with Crippen LogP contribution in [0, 0.1) is 0 Å². The molecule has 1 unspecified atom stereocenters. The van der Waals surface area contributed by atoms with Gasteiger partial charge in [-0.15, -0.1) is 0 Å². The zero-order valence-electron chi connectivity index (χ0n) is 13.7. The number of hydrogen-bond donors (Lipinski definition) is 2. The number of aliphatic hydroxyl groups is 1. The van der Waals surface area contributed by atoms with E-state index >= 15 is 0 Å². The first-order chi connectivity index (χ1) is 9.55. The summed E-state index contributed by atoms with van der Waals surface area (Å²) in [6.07, 6.45) is 1.59. The fraction of sp³-hybridized carbons (Fsp3) is 0.867. The zero-order chi connectivity index (χ0) is 16.3. The highest BCUT2D eigenvalue weighted by atomic mass is 16.6. The van der Waals surface area contributed by atoms with Crippen LogP contribution in [-0.4, -0.2) is 52.3 Å². The molecule has 0 aliphatic carbocycles. The zero-order valence-corrected chi connectivity index (χ0v) is 13.7. The molecule has 6 nitrogen and oxygen atoms in total. The monoisotopic (exact) mass is 300 g/mol. The first kappa shape index (κ1) is 17.8. The second-order valence-electron chi connectivity index (χ2n) is 6.87. The molecule has 0 aromatic carbocycles. The van der Waals surface area contributed by atoms with E-state index in [-0.39, 0.29) is 18.0 Å². The van der Waals surface area contributed by atoms with Crippen molar-refractivity contribution >= 4 is 12.0 Å². The highest BCUT2D eigenvalue weighted by Crippen LogP contribution is 2.16. The van der Waals surface area contributed by atoms with E-state index in [4.69, 9.17) is 4.74 Å². The number of rotatable bonds is 3. The molecular formula is C15H28N2O4. The maximum absolute atomic E-state index is 12.0. The van der Waals surface area contributed by atoms with E-state index in [1.54, 1.807) is 11.8 Å². The van der Waals surface area contributed by atoms with E-state index < -0.39 is 11.2 Å². The van der Waals surface area contributed by atoms with Gasteiger partial charge in [-0.2, -0.15) is 0 Å². The van der Waals surface area contributed by atoms with Gasteiger partial charge in [0.1, 0.15) is 11.2 Å². The Hall–Kier alpha value is -1.30. The highest BCUT2D eigenvalue weighted by Gasteiger charge is 2.33. The van der Waals surface area contributed by atoms with Crippen LogP contribution in [0.25, 0.3) is 0 Å². The Bertz CT molecular complexity index is 388. The predicted octanol–water partition coefficient (Wildman–Crippen LogP) is 1.66. The van der Waals surface area contributed by atoms with Gasteiger partial charge in [-0.25, -0.2) is 4.79 Å². The van der Waals surface area contributed by atoms with Gasteiger partial charge in [-0.1, -0.05) is 6.92 Å². The van der Waals surface area contributed by atoms with Crippen molar-refractivity contribution in [1.29, 1.82) is 0 Å². The van der Waals surface area contributed by atoms with Gasteiger partial charge in [0.25, 0.3) is 5.91 Å². The summed E-state index contributed by atoms with van der Waals surface area (Å²) in [4.78, 5) is 25.6. The molecule has 6 heteroatoms. The number of carbonyl (C=O) groups is 2. The normalized spacial score (nSPS) is 22.4. The topological polar surface area (TPSA) is 78.9 Å². The fourth-order valence-electron chi connectivity index (χ4n) is 2.09. The van der Waals surface area contributed by atoms with Crippen LogP contribution in [0.2, 0.25) is 0 Å². The minimum atomic E-state index is -1.37. The molecule has 1 saturated heterocycles. The number of likely N-dealkylation sites (tertiary alicyclic amines) is 1. The quantitative estimate of drug-likeness (QED) is 0.831. The van der Waals surface area contributed by atoms with Gasteiger partial charge in [-0.3, -0.25) is 4.79 Å². The summed E-state index contributed by atoms with van der Waals surface area (Å²) in [5, 5.41) is 12.8. The number of nitrogens with one attached hydrogen (secondary N) is 1. The Balaban J connectivity index is 2.57. The van der Waals surface area contributed by atoms with Crippen LogP contribution in [0.4, 0.5) is 4.79 Å². The Morgan fingerprint density at radius 3 is 2.48 bits per heavy atom. The summed E-state index contributed by atoms with van der Waals surface area (Å²) in [5.74, 6) is -0.388. The minimum Gasteiger partial charge on any atom is -0.444 e. The third kappa shape index (κ3) is 5.53. The molecule has 21 heavy (non-hydrogen) atoms. The Morgan fingerprint density at radius 2 is 1.95 bits per heavy atom. The molecule has 1 rings (SSSR count). The molecule has 0 spiro atoms. The third-order valence-electron chi connectivity index (χ3n) is 3.59. The van der Waals surface area contributed by atoms with Crippen molar-refractivity contribution in [2.24, 2.45) is 0 Å². The lowest BCUT2D eigenvalue weighted by atomic mass is 10.0. The summed E-state index contributed by atoms with van der Waals surface area (Å²) in [6.45, 7) is 9.78. The molecule has 1 heterocycles. The number of carbonyl (C=O) groups excluding carboxylic acids is 2. The van der Waals surface area contributed by atoms with Crippen LogP contribution < -0.4 is 5.32 Å². The molecule has 1 aliphatic rings. The number of piperidine rings is 1. The van der Waals surface area contributed by atoms with Gasteiger partial charge in [0, 0.05) is 19.1 Å². The van der Waals surface area contributed by atoms with Crippen molar-refractivity contribution in [3.05, 3.63) is 0 Å². The van der Waals surface area contributed by atoms with Crippen molar-refractivity contribution in [3.8, 4) is 0 Å². The lowest BCUT2D eigenvalue weighted by molar-refractivity contribution is -0.139. The van der Waals surface area contributed by atoms with Crippen LogP contribution in [-0.2, 0) is 9.53 Å². The van der Waals surface area contributed by atoms with Gasteiger partial charge < -0.3 is 20.1 Å². The SMILES string of the molecule is CCC(C)(O)C(=O)N[C@H]1CCCN(C(=O)OC(C)(C)C)C1. The summed E-state index contributed by atoms with van der Waals surface area (Å²) < 4.78 is 5.34. The van der Waals surface area contributed by atoms with E-state index in [0.29, 0.717) is 19.5 Å². The Morgan fingerprint density at radius 1 is 1.33 bits per heavy atom. The van der Waals surface area contributed by atoms with Crippen molar-refractivity contribution in [3.63, 3.8) is 0 Å². The Labute approximate surface area is 126 Å². The average molecular weight is 300 g/mol. The molecule has 2 amide bonds. The summed E-state index contributed by atoms with van der Waals surface area (Å²) in [6, 6.07) is -0.142. The summed E-state index contributed by atoms with van der Waals surface area (Å²) in [7, 11) is 0. The number of amides is 2. The van der Waals surface area contributed by atoms with Crippen LogP contribution >= 0.6 is 0 Å². The van der Waals surface area contributed by atoms with Crippen molar-refractivity contribution in [2.75, 3.05) is 13.1 Å². The summed E-state index contributed by atoms with van der Waals surface area (Å²) in [5.41, 5.74) is -1.90. The smallest absolute Gasteiger partial charge is 0.410 e. The van der Waals surface area contributed by atoms with E-state index in [1.807, 2.05) is 20.8 Å². The minimum absolute atomic E-state index is 0.142. The summed E-state index contributed by atoms with van der Waals surface area (Å²) >= 11 is 0. The molecule has 0 bridgehead atoms. The molecule has 1 fully saturated rings. The van der Waals surface area contributed by atoms with Crippen LogP contribution in [0.15, 0.2) is 0 Å². The molecule has 0 saturated carbocycles. The fourth-order valence-corrected chi connectivity index (χ4v) is 2.09. The van der Waals surface area contributed by atoms with Gasteiger partial charge in [0.15, 0.2) is 0 Å². The van der Waals surface area contributed by atoms with Crippen molar-refractivity contribution in [2.45, 2.75) is 71.1 Å². The molecule has 2 N–H and O–H groups in total. The first-order valence-corrected chi connectivity index (χ1v) is 7.56. The molecule has 0 radical (unpaired) electrons. The third-order valence-corrected chi connectivity index (χ3v) is 3.59. The van der Waals surface area contributed by atoms with Gasteiger partial charge in [0.05, 0.1) is 0 Å². The van der Waals surface area contributed by atoms with Gasteiger partial charge in [0.2, 0.25) is 0 Å². The average Bonchev–Trinajstić information content (AvgIpc) is 2.37. The van der Waals surface area contributed by atoms with Gasteiger partial charge in [-0.05, 0) is 47.0 Å². The predicted molar refractivity (Wildman–Crippen MR) is 79.9 cm³/mol. The van der Waals surface area contributed by atoms with E-state index in [9.17, 15) is 14.7 Å². The maximum atomic E-state index is 12.0. The standard InChI is InChI=1S/C15H28N2O4/c1-6-15(5,20)12(18)16-11-8-7-9-17(10-11)13(19)21-14(2,3)4/h11,20H,6-10H2,1-5H3,(H,16,18)/t11-,15?/m0/s1. The van der Waals surface area contributed by atoms with E-state index in [2.05, 4.69) is 5.32 Å². The molecular weight excluding hydrogens is 272 g/mol. The lowest BCUT2D eigenvalue weighted by Gasteiger charge is -2.35. The van der Waals surface area contributed by atoms with Crippen LogP contribution in [0.1, 0.15) is 53.9 Å². The second-order valence-corrected chi connectivity index (χ2v) is 6.87. The number of ether oxygens (including phenoxy) is 1. The molecule has 0 aromatic heterocycles. The second kappa shape index (κ2) is 6.64. The molecule has 122 valence electrons. The molecule has 0 aromatic rings.